The molecule has 0 saturated heterocycles. The lowest BCUT2D eigenvalue weighted by Crippen LogP contribution is -2.41. The molecule has 0 bridgehead atoms. The molecular weight excluding hydrogens is 277 g/mol. The number of rotatable bonds is 4. The molecule has 0 heterocycles. The number of nitrogens with one attached hydrogen (secondary N) is 1. The van der Waals surface area contributed by atoms with Gasteiger partial charge in [-0.25, -0.2) is 17.5 Å². The van der Waals surface area contributed by atoms with Gasteiger partial charge in [-0.15, -0.1) is 0 Å². The van der Waals surface area contributed by atoms with Crippen LogP contribution in [0.4, 0.5) is 4.39 Å². The van der Waals surface area contributed by atoms with Crippen LogP contribution < -0.4 is 4.72 Å². The van der Waals surface area contributed by atoms with E-state index in [9.17, 15) is 12.8 Å². The zero-order chi connectivity index (χ0) is 15.2. The predicted octanol–water partition coefficient (Wildman–Crippen LogP) is 3.28. The average molecular weight is 299 g/mol. The summed E-state index contributed by atoms with van der Waals surface area (Å²) in [5.74, 6) is 0. The Bertz CT molecular complexity index is 613. The van der Waals surface area contributed by atoms with Gasteiger partial charge in [0.05, 0.1) is 4.90 Å². The second-order valence-electron chi connectivity index (χ2n) is 6.50. The van der Waals surface area contributed by atoms with E-state index in [1.807, 2.05) is 6.92 Å². The topological polar surface area (TPSA) is 46.2 Å². The van der Waals surface area contributed by atoms with Gasteiger partial charge < -0.3 is 0 Å². The van der Waals surface area contributed by atoms with Crippen LogP contribution in [-0.4, -0.2) is 14.0 Å². The summed E-state index contributed by atoms with van der Waals surface area (Å²) < 4.78 is 42.0. The number of hydrogen-bond acceptors (Lipinski definition) is 2. The van der Waals surface area contributed by atoms with Gasteiger partial charge >= 0.3 is 0 Å². The molecule has 1 N–H and O–H groups in total. The number of aryl methyl sites for hydroxylation is 1. The van der Waals surface area contributed by atoms with Gasteiger partial charge in [0.15, 0.2) is 0 Å². The molecule has 1 aliphatic carbocycles. The van der Waals surface area contributed by atoms with Crippen LogP contribution in [0.1, 0.15) is 51.7 Å². The number of halogens is 1. The molecule has 0 radical (unpaired) electrons. The Morgan fingerprint density at radius 2 is 1.90 bits per heavy atom. The Kier molecular flexibility index (Phi) is 3.71. The second-order valence-corrected chi connectivity index (χ2v) is 8.16. The highest BCUT2D eigenvalue weighted by molar-refractivity contribution is 7.89. The Morgan fingerprint density at radius 3 is 2.35 bits per heavy atom. The molecule has 1 aromatic carbocycles. The average Bonchev–Trinajstić information content (AvgIpc) is 3.05. The van der Waals surface area contributed by atoms with Crippen molar-refractivity contribution in [2.45, 2.75) is 63.1 Å². The number of alkyl halides is 1. The summed E-state index contributed by atoms with van der Waals surface area (Å²) >= 11 is 0. The maximum atomic E-state index is 14.5. The zero-order valence-corrected chi connectivity index (χ0v) is 13.3. The second kappa shape index (κ2) is 4.81. The highest BCUT2D eigenvalue weighted by Gasteiger charge is 2.48. The fraction of sp³-hybridized carbons (Fsp3) is 0.600. The molecule has 0 amide bonds. The quantitative estimate of drug-likeness (QED) is 0.927. The monoisotopic (exact) mass is 299 g/mol. The molecule has 5 heteroatoms. The van der Waals surface area contributed by atoms with Gasteiger partial charge in [-0.1, -0.05) is 19.1 Å². The van der Waals surface area contributed by atoms with Gasteiger partial charge in [-0.2, -0.15) is 0 Å². The molecule has 1 saturated carbocycles. The van der Waals surface area contributed by atoms with E-state index in [0.29, 0.717) is 18.4 Å². The fourth-order valence-corrected chi connectivity index (χ4v) is 3.91. The van der Waals surface area contributed by atoms with Crippen molar-refractivity contribution in [3.05, 3.63) is 29.3 Å². The summed E-state index contributed by atoms with van der Waals surface area (Å²) in [6, 6.07) is 4.98. The normalized spacial score (nSPS) is 18.1. The Morgan fingerprint density at radius 1 is 1.30 bits per heavy atom. The van der Waals surface area contributed by atoms with E-state index in [0.717, 1.165) is 12.0 Å². The zero-order valence-electron chi connectivity index (χ0n) is 12.5. The number of sulfonamides is 1. The van der Waals surface area contributed by atoms with Crippen molar-refractivity contribution in [3.63, 3.8) is 0 Å². The van der Waals surface area contributed by atoms with Crippen molar-refractivity contribution >= 4 is 10.0 Å². The van der Waals surface area contributed by atoms with Gasteiger partial charge in [0.1, 0.15) is 5.67 Å². The van der Waals surface area contributed by atoms with Crippen molar-refractivity contribution in [3.8, 4) is 0 Å². The summed E-state index contributed by atoms with van der Waals surface area (Å²) in [5.41, 5.74) is -0.785. The first kappa shape index (κ1) is 15.4. The highest BCUT2D eigenvalue weighted by atomic mass is 32.2. The SMILES string of the molecule is CCc1ccc(S(=O)(=O)NC(C)(C)C)c(C2(F)CC2)c1. The van der Waals surface area contributed by atoms with Gasteiger partial charge in [-0.3, -0.25) is 0 Å². The van der Waals surface area contributed by atoms with Crippen molar-refractivity contribution in [2.75, 3.05) is 0 Å². The van der Waals surface area contributed by atoms with Crippen LogP contribution >= 0.6 is 0 Å². The maximum absolute atomic E-state index is 14.5. The first-order valence-electron chi connectivity index (χ1n) is 6.94. The molecule has 1 fully saturated rings. The largest absolute Gasteiger partial charge is 0.241 e. The van der Waals surface area contributed by atoms with E-state index in [4.69, 9.17) is 0 Å². The van der Waals surface area contributed by atoms with Gasteiger partial charge in [0, 0.05) is 11.1 Å². The third kappa shape index (κ3) is 3.20. The van der Waals surface area contributed by atoms with Crippen LogP contribution in [0.5, 0.6) is 0 Å². The molecule has 3 nitrogen and oxygen atoms in total. The summed E-state index contributed by atoms with van der Waals surface area (Å²) in [7, 11) is -3.71. The van der Waals surface area contributed by atoms with E-state index in [1.54, 1.807) is 32.9 Å². The van der Waals surface area contributed by atoms with Crippen molar-refractivity contribution in [1.29, 1.82) is 0 Å². The van der Waals surface area contributed by atoms with Crippen LogP contribution in [0.2, 0.25) is 0 Å². The minimum atomic E-state index is -3.71. The lowest BCUT2D eigenvalue weighted by Gasteiger charge is -2.22. The van der Waals surface area contributed by atoms with Crippen LogP contribution in [0, 0.1) is 0 Å². The summed E-state index contributed by atoms with van der Waals surface area (Å²) in [6.07, 6.45) is 1.56. The molecule has 1 aromatic rings. The summed E-state index contributed by atoms with van der Waals surface area (Å²) in [6.45, 7) is 7.28. The summed E-state index contributed by atoms with van der Waals surface area (Å²) in [5, 5.41) is 0. The molecular formula is C15H22FNO2S. The van der Waals surface area contributed by atoms with Gasteiger partial charge in [0.2, 0.25) is 10.0 Å². The van der Waals surface area contributed by atoms with E-state index in [2.05, 4.69) is 4.72 Å². The molecule has 0 aromatic heterocycles. The molecule has 0 unspecified atom stereocenters. The number of benzene rings is 1. The van der Waals surface area contributed by atoms with Crippen molar-refractivity contribution < 1.29 is 12.8 Å². The molecule has 0 aliphatic heterocycles. The molecule has 0 spiro atoms. The lowest BCUT2D eigenvalue weighted by atomic mass is 10.0. The van der Waals surface area contributed by atoms with E-state index >= 15 is 0 Å². The fourth-order valence-electron chi connectivity index (χ4n) is 2.22. The van der Waals surface area contributed by atoms with E-state index in [-0.39, 0.29) is 4.90 Å². The van der Waals surface area contributed by atoms with E-state index < -0.39 is 21.2 Å². The molecule has 0 atom stereocenters. The third-order valence-corrected chi connectivity index (χ3v) is 5.17. The minimum absolute atomic E-state index is 0.0737. The predicted molar refractivity (Wildman–Crippen MR) is 77.9 cm³/mol. The first-order valence-corrected chi connectivity index (χ1v) is 8.42. The minimum Gasteiger partial charge on any atom is -0.239 e. The number of hydrogen-bond donors (Lipinski definition) is 1. The van der Waals surface area contributed by atoms with Crippen molar-refractivity contribution in [2.24, 2.45) is 0 Å². The molecule has 112 valence electrons. The van der Waals surface area contributed by atoms with Crippen molar-refractivity contribution in [1.82, 2.24) is 4.72 Å². The van der Waals surface area contributed by atoms with Crippen LogP contribution in [0.3, 0.4) is 0 Å². The standard InChI is InChI=1S/C15H22FNO2S/c1-5-11-6-7-13(12(10-11)15(16)8-9-15)20(18,19)17-14(2,3)4/h6-7,10,17H,5,8-9H2,1-4H3. The Balaban J connectivity index is 2.51. The molecule has 1 aliphatic rings. The van der Waals surface area contributed by atoms with Crippen LogP contribution in [-0.2, 0) is 22.1 Å². The lowest BCUT2D eigenvalue weighted by molar-refractivity contribution is 0.311. The van der Waals surface area contributed by atoms with Gasteiger partial charge in [-0.05, 0) is 51.7 Å². The smallest absolute Gasteiger partial charge is 0.239 e. The first-order chi connectivity index (χ1) is 9.07. The third-order valence-electron chi connectivity index (χ3n) is 3.35. The van der Waals surface area contributed by atoms with Crippen LogP contribution in [0.25, 0.3) is 0 Å². The summed E-state index contributed by atoms with van der Waals surface area (Å²) in [4.78, 5) is 0.0737. The van der Waals surface area contributed by atoms with E-state index in [1.165, 1.54) is 6.07 Å². The Hall–Kier alpha value is -0.940. The van der Waals surface area contributed by atoms with Gasteiger partial charge in [0.25, 0.3) is 0 Å². The maximum Gasteiger partial charge on any atom is 0.241 e. The van der Waals surface area contributed by atoms with Crippen LogP contribution in [0.15, 0.2) is 23.1 Å². The molecule has 20 heavy (non-hydrogen) atoms. The highest BCUT2D eigenvalue weighted by Crippen LogP contribution is 2.51. The molecule has 2 rings (SSSR count). The Labute approximate surface area is 120 Å².